The Morgan fingerprint density at radius 1 is 0.885 bits per heavy atom. The van der Waals surface area contributed by atoms with Crippen molar-refractivity contribution < 1.29 is 9.59 Å². The van der Waals surface area contributed by atoms with Crippen LogP contribution in [-0.2, 0) is 16.1 Å². The Bertz CT molecular complexity index is 711. The van der Waals surface area contributed by atoms with Gasteiger partial charge in [0.2, 0.25) is 0 Å². The Kier molecular flexibility index (Phi) is 6.96. The summed E-state index contributed by atoms with van der Waals surface area (Å²) in [5.74, 6) is -0.876. The number of carbonyl (C=O) groups excluding carboxylic acids is 2. The Morgan fingerprint density at radius 2 is 1.42 bits per heavy atom. The number of benzene rings is 2. The Labute approximate surface area is 156 Å². The molecule has 0 fully saturated rings. The van der Waals surface area contributed by atoms with E-state index < -0.39 is 11.8 Å². The van der Waals surface area contributed by atoms with E-state index in [9.17, 15) is 9.59 Å². The molecule has 1 atom stereocenters. The van der Waals surface area contributed by atoms with Crippen molar-refractivity contribution in [1.29, 1.82) is 0 Å². The van der Waals surface area contributed by atoms with Gasteiger partial charge in [-0.1, -0.05) is 74.5 Å². The van der Waals surface area contributed by atoms with Crippen LogP contribution < -0.4 is 5.32 Å². The van der Waals surface area contributed by atoms with Crippen molar-refractivity contribution in [3.05, 3.63) is 71.8 Å². The molecule has 0 aromatic heterocycles. The average molecular weight is 352 g/mol. The van der Waals surface area contributed by atoms with E-state index in [1.54, 1.807) is 4.90 Å². The van der Waals surface area contributed by atoms with Crippen LogP contribution in [0.25, 0.3) is 0 Å². The first-order chi connectivity index (χ1) is 12.4. The fraction of sp³-hybridized carbons (Fsp3) is 0.364. The van der Waals surface area contributed by atoms with Crippen molar-refractivity contribution in [2.24, 2.45) is 5.92 Å². The van der Waals surface area contributed by atoms with Gasteiger partial charge in [0, 0.05) is 12.6 Å². The molecule has 0 aliphatic rings. The van der Waals surface area contributed by atoms with Gasteiger partial charge >= 0.3 is 11.8 Å². The van der Waals surface area contributed by atoms with E-state index in [-0.39, 0.29) is 18.0 Å². The highest BCUT2D eigenvalue weighted by Crippen LogP contribution is 2.21. The predicted octanol–water partition coefficient (Wildman–Crippen LogP) is 3.94. The minimum atomic E-state index is -0.558. The number of nitrogens with one attached hydrogen (secondary N) is 1. The van der Waals surface area contributed by atoms with Gasteiger partial charge in [-0.2, -0.15) is 0 Å². The first-order valence-electron chi connectivity index (χ1n) is 9.10. The molecule has 2 aromatic carbocycles. The highest BCUT2D eigenvalue weighted by Gasteiger charge is 2.27. The SMILES string of the molecule is CC(C)C(NC(=O)C(=O)N(Cc1ccccc1)C(C)C)c1ccccc1. The number of rotatable bonds is 6. The van der Waals surface area contributed by atoms with Crippen molar-refractivity contribution in [2.45, 2.75) is 46.3 Å². The molecule has 2 amide bonds. The number of amides is 2. The highest BCUT2D eigenvalue weighted by molar-refractivity contribution is 6.35. The van der Waals surface area contributed by atoms with Crippen LogP contribution in [0.1, 0.15) is 44.9 Å². The number of hydrogen-bond donors (Lipinski definition) is 1. The second-order valence-corrected chi connectivity index (χ2v) is 7.12. The molecule has 0 radical (unpaired) electrons. The minimum absolute atomic E-state index is 0.0670. The van der Waals surface area contributed by atoms with Gasteiger partial charge in [-0.05, 0) is 30.9 Å². The lowest BCUT2D eigenvalue weighted by molar-refractivity contribution is -0.148. The number of hydrogen-bond acceptors (Lipinski definition) is 2. The van der Waals surface area contributed by atoms with Gasteiger partial charge in [-0.15, -0.1) is 0 Å². The molecule has 0 bridgehead atoms. The third-order valence-electron chi connectivity index (χ3n) is 4.39. The van der Waals surface area contributed by atoms with Gasteiger partial charge in [0.15, 0.2) is 0 Å². The van der Waals surface area contributed by atoms with Crippen LogP contribution in [0.3, 0.4) is 0 Å². The van der Waals surface area contributed by atoms with Gasteiger partial charge in [0.25, 0.3) is 0 Å². The maximum Gasteiger partial charge on any atom is 0.312 e. The van der Waals surface area contributed by atoms with Crippen molar-refractivity contribution >= 4 is 11.8 Å². The molecular weight excluding hydrogens is 324 g/mol. The first-order valence-corrected chi connectivity index (χ1v) is 9.10. The van der Waals surface area contributed by atoms with Gasteiger partial charge in [-0.25, -0.2) is 0 Å². The van der Waals surface area contributed by atoms with Crippen LogP contribution in [0.5, 0.6) is 0 Å². The molecule has 2 rings (SSSR count). The maximum absolute atomic E-state index is 12.8. The normalized spacial score (nSPS) is 12.1. The molecule has 0 saturated carbocycles. The zero-order chi connectivity index (χ0) is 19.1. The van der Waals surface area contributed by atoms with Crippen molar-refractivity contribution in [2.75, 3.05) is 0 Å². The van der Waals surface area contributed by atoms with Gasteiger partial charge in [0.1, 0.15) is 0 Å². The first kappa shape index (κ1) is 19.7. The molecule has 4 nitrogen and oxygen atoms in total. The molecule has 2 aromatic rings. The summed E-state index contributed by atoms with van der Waals surface area (Å²) in [5, 5.41) is 2.92. The van der Waals surface area contributed by atoms with Crippen LogP contribution in [-0.4, -0.2) is 22.8 Å². The zero-order valence-corrected chi connectivity index (χ0v) is 16.0. The van der Waals surface area contributed by atoms with Gasteiger partial charge in [-0.3, -0.25) is 9.59 Å². The lowest BCUT2D eigenvalue weighted by Crippen LogP contribution is -2.47. The van der Waals surface area contributed by atoms with Crippen LogP contribution >= 0.6 is 0 Å². The lowest BCUT2D eigenvalue weighted by Gasteiger charge is -2.28. The fourth-order valence-electron chi connectivity index (χ4n) is 2.90. The standard InChI is InChI=1S/C22H28N2O2/c1-16(2)20(19-13-9-6-10-14-19)23-21(25)22(26)24(17(3)4)15-18-11-7-5-8-12-18/h5-14,16-17,20H,15H2,1-4H3,(H,23,25). The summed E-state index contributed by atoms with van der Waals surface area (Å²) >= 11 is 0. The van der Waals surface area contributed by atoms with Crippen LogP contribution in [0.2, 0.25) is 0 Å². The molecule has 0 aliphatic carbocycles. The molecule has 4 heteroatoms. The van der Waals surface area contributed by atoms with E-state index in [2.05, 4.69) is 5.32 Å². The van der Waals surface area contributed by atoms with Crippen molar-refractivity contribution in [3.8, 4) is 0 Å². The Hall–Kier alpha value is -2.62. The smallest absolute Gasteiger partial charge is 0.312 e. The molecule has 0 heterocycles. The molecule has 1 N–H and O–H groups in total. The largest absolute Gasteiger partial charge is 0.341 e. The van der Waals surface area contributed by atoms with Crippen LogP contribution in [0, 0.1) is 5.92 Å². The summed E-state index contributed by atoms with van der Waals surface area (Å²) in [5.41, 5.74) is 2.01. The number of nitrogens with zero attached hydrogens (tertiary/aromatic N) is 1. The van der Waals surface area contributed by atoms with Crippen LogP contribution in [0.4, 0.5) is 0 Å². The third-order valence-corrected chi connectivity index (χ3v) is 4.39. The molecule has 26 heavy (non-hydrogen) atoms. The van der Waals surface area contributed by atoms with Crippen LogP contribution in [0.15, 0.2) is 60.7 Å². The highest BCUT2D eigenvalue weighted by atomic mass is 16.2. The summed E-state index contributed by atoms with van der Waals surface area (Å²) in [6.45, 7) is 8.33. The fourth-order valence-corrected chi connectivity index (χ4v) is 2.90. The van der Waals surface area contributed by atoms with Gasteiger partial charge < -0.3 is 10.2 Å². The zero-order valence-electron chi connectivity index (χ0n) is 16.0. The monoisotopic (exact) mass is 352 g/mol. The maximum atomic E-state index is 12.8. The van der Waals surface area contributed by atoms with Crippen molar-refractivity contribution in [3.63, 3.8) is 0 Å². The topological polar surface area (TPSA) is 49.4 Å². The molecule has 1 unspecified atom stereocenters. The second-order valence-electron chi connectivity index (χ2n) is 7.12. The van der Waals surface area contributed by atoms with E-state index in [0.717, 1.165) is 11.1 Å². The summed E-state index contributed by atoms with van der Waals surface area (Å²) in [6, 6.07) is 19.2. The van der Waals surface area contributed by atoms with E-state index in [4.69, 9.17) is 0 Å². The average Bonchev–Trinajstić information content (AvgIpc) is 2.64. The summed E-state index contributed by atoms with van der Waals surface area (Å²) in [7, 11) is 0. The predicted molar refractivity (Wildman–Crippen MR) is 104 cm³/mol. The van der Waals surface area contributed by atoms with E-state index in [1.807, 2.05) is 88.4 Å². The summed E-state index contributed by atoms with van der Waals surface area (Å²) in [4.78, 5) is 27.1. The molecule has 0 aliphatic heterocycles. The Morgan fingerprint density at radius 3 is 1.92 bits per heavy atom. The lowest BCUT2D eigenvalue weighted by atomic mass is 9.96. The molecular formula is C22H28N2O2. The molecule has 0 spiro atoms. The third kappa shape index (κ3) is 5.19. The minimum Gasteiger partial charge on any atom is -0.341 e. The number of carbonyl (C=O) groups is 2. The van der Waals surface area contributed by atoms with Crippen molar-refractivity contribution in [1.82, 2.24) is 10.2 Å². The summed E-state index contributed by atoms with van der Waals surface area (Å²) < 4.78 is 0. The molecule has 0 saturated heterocycles. The van der Waals surface area contributed by atoms with Gasteiger partial charge in [0.05, 0.1) is 6.04 Å². The van der Waals surface area contributed by atoms with E-state index in [1.165, 1.54) is 0 Å². The van der Waals surface area contributed by atoms with E-state index >= 15 is 0 Å². The Balaban J connectivity index is 2.13. The second kappa shape index (κ2) is 9.18. The molecule has 138 valence electrons. The summed E-state index contributed by atoms with van der Waals surface area (Å²) in [6.07, 6.45) is 0. The van der Waals surface area contributed by atoms with E-state index in [0.29, 0.717) is 6.54 Å². The quantitative estimate of drug-likeness (QED) is 0.801.